The maximum atomic E-state index is 6.02. The molecule has 1 aliphatic rings. The lowest BCUT2D eigenvalue weighted by Crippen LogP contribution is -2.47. The van der Waals surface area contributed by atoms with Crippen molar-refractivity contribution in [2.24, 2.45) is 0 Å². The van der Waals surface area contributed by atoms with E-state index < -0.39 is 0 Å². The minimum atomic E-state index is 0.476. The minimum Gasteiger partial charge on any atom is -0.352 e. The average Bonchev–Trinajstić information content (AvgIpc) is 3.19. The molecule has 28 heavy (non-hydrogen) atoms. The Balaban J connectivity index is 1.47. The van der Waals surface area contributed by atoms with Crippen LogP contribution in [0.4, 0.5) is 11.8 Å². The molecule has 0 N–H and O–H groups in total. The topological polar surface area (TPSA) is 84.1 Å². The third-order valence-electron chi connectivity index (χ3n) is 4.78. The van der Waals surface area contributed by atoms with E-state index in [9.17, 15) is 0 Å². The highest BCUT2D eigenvalue weighted by atomic mass is 35.5. The molecule has 1 fully saturated rings. The molecule has 0 unspecified atom stereocenters. The van der Waals surface area contributed by atoms with Crippen LogP contribution in [0.1, 0.15) is 0 Å². The van der Waals surface area contributed by atoms with E-state index in [4.69, 9.17) is 16.1 Å². The predicted octanol–water partition coefficient (Wildman–Crippen LogP) is 3.05. The molecule has 1 saturated heterocycles. The van der Waals surface area contributed by atoms with Crippen LogP contribution in [-0.2, 0) is 0 Å². The van der Waals surface area contributed by atoms with Crippen molar-refractivity contribution in [3.05, 3.63) is 54.1 Å². The largest absolute Gasteiger partial charge is 0.352 e. The number of anilines is 2. The van der Waals surface area contributed by atoms with Gasteiger partial charge in [0.25, 0.3) is 5.71 Å². The fourth-order valence-electron chi connectivity index (χ4n) is 3.39. The van der Waals surface area contributed by atoms with E-state index >= 15 is 0 Å². The first-order valence-corrected chi connectivity index (χ1v) is 9.30. The molecule has 0 radical (unpaired) electrons. The summed E-state index contributed by atoms with van der Waals surface area (Å²) in [6.45, 7) is 3.18. The number of benzene rings is 1. The van der Waals surface area contributed by atoms with Gasteiger partial charge in [0.2, 0.25) is 5.95 Å². The molecule has 0 atom stereocenters. The Kier molecular flexibility index (Phi) is 4.25. The van der Waals surface area contributed by atoms with Gasteiger partial charge in [0, 0.05) is 49.2 Å². The van der Waals surface area contributed by atoms with Crippen molar-refractivity contribution >= 4 is 34.5 Å². The van der Waals surface area contributed by atoms with Crippen molar-refractivity contribution in [3.63, 3.8) is 0 Å². The normalized spacial score (nSPS) is 14.6. The number of hydrogen-bond donors (Lipinski definition) is 0. The van der Waals surface area contributed by atoms with Crippen molar-refractivity contribution < 1.29 is 4.52 Å². The third-order valence-corrected chi connectivity index (χ3v) is 5.04. The first kappa shape index (κ1) is 16.9. The standard InChI is InChI=1S/C19H16ClN7O/c20-14-4-2-13(3-5-14)16-15-17(23-12-24-18(15)28-25-16)26-8-10-27(11-9-26)19-21-6-1-7-22-19/h1-7,12H,8-11H2. The van der Waals surface area contributed by atoms with Gasteiger partial charge < -0.3 is 14.3 Å². The molecular formula is C19H16ClN7O. The van der Waals surface area contributed by atoms with E-state index in [1.807, 2.05) is 30.3 Å². The van der Waals surface area contributed by atoms with Gasteiger partial charge in [-0.3, -0.25) is 0 Å². The van der Waals surface area contributed by atoms with Gasteiger partial charge in [0.05, 0.1) is 0 Å². The van der Waals surface area contributed by atoms with Crippen molar-refractivity contribution in [3.8, 4) is 11.3 Å². The van der Waals surface area contributed by atoms with Crippen LogP contribution in [0.5, 0.6) is 0 Å². The van der Waals surface area contributed by atoms with E-state index in [0.717, 1.165) is 54.6 Å². The van der Waals surface area contributed by atoms with Gasteiger partial charge in [0.15, 0.2) is 0 Å². The number of halogens is 1. The van der Waals surface area contributed by atoms with Gasteiger partial charge in [-0.1, -0.05) is 28.9 Å². The quantitative estimate of drug-likeness (QED) is 0.525. The molecule has 9 heteroatoms. The number of rotatable bonds is 3. The number of aromatic nitrogens is 5. The lowest BCUT2D eigenvalue weighted by atomic mass is 10.1. The number of piperazine rings is 1. The second-order valence-electron chi connectivity index (χ2n) is 6.44. The zero-order valence-corrected chi connectivity index (χ0v) is 15.6. The Labute approximate surface area is 165 Å². The lowest BCUT2D eigenvalue weighted by Gasteiger charge is -2.35. The summed E-state index contributed by atoms with van der Waals surface area (Å²) in [5.41, 5.74) is 2.11. The molecule has 3 aromatic heterocycles. The van der Waals surface area contributed by atoms with Crippen LogP contribution < -0.4 is 9.80 Å². The molecule has 0 bridgehead atoms. The summed E-state index contributed by atoms with van der Waals surface area (Å²) in [5.74, 6) is 1.58. The summed E-state index contributed by atoms with van der Waals surface area (Å²) < 4.78 is 5.46. The summed E-state index contributed by atoms with van der Waals surface area (Å²) in [7, 11) is 0. The Morgan fingerprint density at radius 3 is 2.32 bits per heavy atom. The summed E-state index contributed by atoms with van der Waals surface area (Å²) in [4.78, 5) is 21.8. The van der Waals surface area contributed by atoms with E-state index in [1.54, 1.807) is 12.4 Å². The maximum absolute atomic E-state index is 6.02. The van der Waals surface area contributed by atoms with Gasteiger partial charge in [-0.25, -0.2) is 15.0 Å². The molecule has 0 amide bonds. The lowest BCUT2D eigenvalue weighted by molar-refractivity contribution is 0.451. The summed E-state index contributed by atoms with van der Waals surface area (Å²) in [5, 5.41) is 5.72. The van der Waals surface area contributed by atoms with Gasteiger partial charge in [-0.05, 0) is 18.2 Å². The van der Waals surface area contributed by atoms with Crippen LogP contribution in [0.3, 0.4) is 0 Å². The molecule has 1 aliphatic heterocycles. The fourth-order valence-corrected chi connectivity index (χ4v) is 3.51. The molecule has 0 aliphatic carbocycles. The van der Waals surface area contributed by atoms with E-state index in [-0.39, 0.29) is 0 Å². The highest BCUT2D eigenvalue weighted by Gasteiger charge is 2.25. The SMILES string of the molecule is Clc1ccc(-c2noc3ncnc(N4CCN(c5ncccn5)CC4)c23)cc1. The van der Waals surface area contributed by atoms with E-state index in [2.05, 4.69) is 34.9 Å². The highest BCUT2D eigenvalue weighted by Crippen LogP contribution is 2.34. The molecule has 4 aromatic rings. The third kappa shape index (κ3) is 3.01. The molecule has 4 heterocycles. The van der Waals surface area contributed by atoms with Gasteiger partial charge in [0.1, 0.15) is 23.2 Å². The van der Waals surface area contributed by atoms with Crippen molar-refractivity contribution in [2.75, 3.05) is 36.0 Å². The van der Waals surface area contributed by atoms with Crippen LogP contribution >= 0.6 is 11.6 Å². The van der Waals surface area contributed by atoms with Crippen molar-refractivity contribution in [2.45, 2.75) is 0 Å². The molecule has 0 saturated carbocycles. The van der Waals surface area contributed by atoms with Gasteiger partial charge in [-0.15, -0.1) is 0 Å². The molecule has 140 valence electrons. The molecule has 0 spiro atoms. The molecule has 8 nitrogen and oxygen atoms in total. The van der Waals surface area contributed by atoms with E-state index in [1.165, 1.54) is 6.33 Å². The Morgan fingerprint density at radius 1 is 0.857 bits per heavy atom. The summed E-state index contributed by atoms with van der Waals surface area (Å²) in [6, 6.07) is 9.32. The minimum absolute atomic E-state index is 0.476. The van der Waals surface area contributed by atoms with Crippen LogP contribution in [0.2, 0.25) is 5.02 Å². The molecular weight excluding hydrogens is 378 g/mol. The number of fused-ring (bicyclic) bond motifs is 1. The Hall–Kier alpha value is -3.26. The highest BCUT2D eigenvalue weighted by molar-refractivity contribution is 6.30. The van der Waals surface area contributed by atoms with Gasteiger partial charge in [-0.2, -0.15) is 4.98 Å². The van der Waals surface area contributed by atoms with Gasteiger partial charge >= 0.3 is 0 Å². The Bertz CT molecular complexity index is 1090. The number of hydrogen-bond acceptors (Lipinski definition) is 8. The Morgan fingerprint density at radius 2 is 1.57 bits per heavy atom. The second kappa shape index (κ2) is 7.05. The smallest absolute Gasteiger partial charge is 0.263 e. The second-order valence-corrected chi connectivity index (χ2v) is 6.87. The van der Waals surface area contributed by atoms with Crippen LogP contribution in [0.15, 0.2) is 53.6 Å². The zero-order valence-electron chi connectivity index (χ0n) is 14.9. The predicted molar refractivity (Wildman–Crippen MR) is 107 cm³/mol. The average molecular weight is 394 g/mol. The monoisotopic (exact) mass is 393 g/mol. The van der Waals surface area contributed by atoms with Crippen molar-refractivity contribution in [1.82, 2.24) is 25.1 Å². The first-order chi connectivity index (χ1) is 13.8. The van der Waals surface area contributed by atoms with Crippen LogP contribution in [0, 0.1) is 0 Å². The van der Waals surface area contributed by atoms with Crippen molar-refractivity contribution in [1.29, 1.82) is 0 Å². The number of nitrogens with zero attached hydrogens (tertiary/aromatic N) is 7. The van der Waals surface area contributed by atoms with E-state index in [0.29, 0.717) is 10.7 Å². The molecule has 1 aromatic carbocycles. The molecule has 5 rings (SSSR count). The zero-order chi connectivity index (χ0) is 18.9. The summed E-state index contributed by atoms with van der Waals surface area (Å²) >= 11 is 6.02. The summed E-state index contributed by atoms with van der Waals surface area (Å²) in [6.07, 6.45) is 5.04. The maximum Gasteiger partial charge on any atom is 0.263 e. The van der Waals surface area contributed by atoms with Crippen LogP contribution in [-0.4, -0.2) is 51.3 Å². The fraction of sp³-hybridized carbons (Fsp3) is 0.211. The van der Waals surface area contributed by atoms with Crippen LogP contribution in [0.25, 0.3) is 22.4 Å². The first-order valence-electron chi connectivity index (χ1n) is 8.93.